The van der Waals surface area contributed by atoms with E-state index < -0.39 is 11.5 Å². The van der Waals surface area contributed by atoms with Crippen molar-refractivity contribution in [3.63, 3.8) is 0 Å². The van der Waals surface area contributed by atoms with Crippen LogP contribution in [0, 0.1) is 0 Å². The fourth-order valence-corrected chi connectivity index (χ4v) is 1.56. The first-order chi connectivity index (χ1) is 7.59. The highest BCUT2D eigenvalue weighted by Crippen LogP contribution is 2.30. The van der Waals surface area contributed by atoms with Gasteiger partial charge in [0, 0.05) is 12.7 Å². The summed E-state index contributed by atoms with van der Waals surface area (Å²) in [5.74, 6) is -0.392. The van der Waals surface area contributed by atoms with Crippen LogP contribution < -0.4 is 10.9 Å². The number of amides is 1. The van der Waals surface area contributed by atoms with E-state index in [-0.39, 0.29) is 17.8 Å². The number of hydrogen-bond donors (Lipinski definition) is 3. The summed E-state index contributed by atoms with van der Waals surface area (Å²) in [5, 5.41) is 12.3. The van der Waals surface area contributed by atoms with E-state index in [1.165, 1.54) is 6.20 Å². The molecule has 1 fully saturated rings. The maximum Gasteiger partial charge on any atom is 0.271 e. The van der Waals surface area contributed by atoms with Gasteiger partial charge in [0.05, 0.1) is 11.8 Å². The van der Waals surface area contributed by atoms with Gasteiger partial charge in [-0.15, -0.1) is 0 Å². The first-order valence-corrected chi connectivity index (χ1v) is 5.14. The molecule has 0 aromatic carbocycles. The third kappa shape index (κ3) is 2.27. The van der Waals surface area contributed by atoms with Crippen LogP contribution in [0.4, 0.5) is 0 Å². The second-order valence-electron chi connectivity index (χ2n) is 4.06. The standard InChI is InChI=1S/C10H13N3O3/c14-8-5-11-7(4-12-8)9(15)13-6-10(16)2-1-3-10/h4-5,16H,1-3,6H2,(H,12,14)(H,13,15). The van der Waals surface area contributed by atoms with Gasteiger partial charge in [0.15, 0.2) is 0 Å². The SMILES string of the molecule is O=C(NCC1(O)CCC1)c1c[nH]c(=O)cn1. The Kier molecular flexibility index (Phi) is 2.74. The van der Waals surface area contributed by atoms with Crippen LogP contribution >= 0.6 is 0 Å². The van der Waals surface area contributed by atoms with Crippen molar-refractivity contribution in [2.24, 2.45) is 0 Å². The lowest BCUT2D eigenvalue weighted by molar-refractivity contribution is -0.0300. The van der Waals surface area contributed by atoms with Gasteiger partial charge < -0.3 is 15.4 Å². The third-order valence-electron chi connectivity index (χ3n) is 2.77. The first-order valence-electron chi connectivity index (χ1n) is 5.14. The molecular weight excluding hydrogens is 210 g/mol. The minimum absolute atomic E-state index is 0.141. The fourth-order valence-electron chi connectivity index (χ4n) is 1.56. The summed E-state index contributed by atoms with van der Waals surface area (Å²) < 4.78 is 0. The number of aromatic amines is 1. The Morgan fingerprint density at radius 3 is 2.88 bits per heavy atom. The third-order valence-corrected chi connectivity index (χ3v) is 2.77. The first kappa shape index (κ1) is 10.8. The second-order valence-corrected chi connectivity index (χ2v) is 4.06. The van der Waals surface area contributed by atoms with Gasteiger partial charge in [0.2, 0.25) is 0 Å². The molecule has 0 radical (unpaired) electrons. The van der Waals surface area contributed by atoms with Gasteiger partial charge in [-0.05, 0) is 19.3 Å². The summed E-state index contributed by atoms with van der Waals surface area (Å²) in [6.45, 7) is 0.229. The Morgan fingerprint density at radius 2 is 2.38 bits per heavy atom. The highest BCUT2D eigenvalue weighted by Gasteiger charge is 2.34. The van der Waals surface area contributed by atoms with E-state index in [1.54, 1.807) is 0 Å². The van der Waals surface area contributed by atoms with Crippen LogP contribution in [-0.2, 0) is 0 Å². The summed E-state index contributed by atoms with van der Waals surface area (Å²) >= 11 is 0. The summed E-state index contributed by atoms with van der Waals surface area (Å²) in [6.07, 6.45) is 4.72. The smallest absolute Gasteiger partial charge is 0.271 e. The molecule has 86 valence electrons. The van der Waals surface area contributed by atoms with E-state index in [2.05, 4.69) is 15.3 Å². The number of H-pyrrole nitrogens is 1. The molecular formula is C10H13N3O3. The number of nitrogens with one attached hydrogen (secondary N) is 2. The van der Waals surface area contributed by atoms with Crippen molar-refractivity contribution < 1.29 is 9.90 Å². The van der Waals surface area contributed by atoms with Gasteiger partial charge in [0.25, 0.3) is 11.5 Å². The highest BCUT2D eigenvalue weighted by atomic mass is 16.3. The van der Waals surface area contributed by atoms with Crippen molar-refractivity contribution in [1.29, 1.82) is 0 Å². The number of nitrogens with zero attached hydrogens (tertiary/aromatic N) is 1. The summed E-state index contributed by atoms with van der Waals surface area (Å²) in [4.78, 5) is 28.3. The zero-order valence-electron chi connectivity index (χ0n) is 8.69. The van der Waals surface area contributed by atoms with Gasteiger partial charge in [-0.25, -0.2) is 4.98 Å². The van der Waals surface area contributed by atoms with Gasteiger partial charge in [-0.2, -0.15) is 0 Å². The average molecular weight is 223 g/mol. The van der Waals surface area contributed by atoms with Crippen LogP contribution in [0.1, 0.15) is 29.8 Å². The lowest BCUT2D eigenvalue weighted by Gasteiger charge is -2.36. The van der Waals surface area contributed by atoms with Gasteiger partial charge in [-0.1, -0.05) is 0 Å². The maximum absolute atomic E-state index is 11.5. The van der Waals surface area contributed by atoms with Crippen LogP contribution in [0.3, 0.4) is 0 Å². The van der Waals surface area contributed by atoms with Crippen molar-refractivity contribution in [3.05, 3.63) is 28.4 Å². The lowest BCUT2D eigenvalue weighted by atomic mass is 9.80. The van der Waals surface area contributed by atoms with Crippen LogP contribution in [0.25, 0.3) is 0 Å². The zero-order chi connectivity index (χ0) is 11.6. The summed E-state index contributed by atoms with van der Waals surface area (Å²) in [7, 11) is 0. The molecule has 1 aliphatic carbocycles. The van der Waals surface area contributed by atoms with E-state index in [1.807, 2.05) is 0 Å². The number of aliphatic hydroxyl groups is 1. The zero-order valence-corrected chi connectivity index (χ0v) is 8.69. The monoisotopic (exact) mass is 223 g/mol. The molecule has 6 heteroatoms. The van der Waals surface area contributed by atoms with Crippen LogP contribution in [0.15, 0.2) is 17.2 Å². The number of carbonyl (C=O) groups is 1. The Balaban J connectivity index is 1.92. The average Bonchev–Trinajstić information content (AvgIpc) is 2.24. The molecule has 0 spiro atoms. The molecule has 0 bridgehead atoms. The van der Waals surface area contributed by atoms with Gasteiger partial charge >= 0.3 is 0 Å². The van der Waals surface area contributed by atoms with E-state index in [0.29, 0.717) is 12.8 Å². The van der Waals surface area contributed by atoms with E-state index >= 15 is 0 Å². The Morgan fingerprint density at radius 1 is 1.62 bits per heavy atom. The molecule has 1 aliphatic rings. The molecule has 0 aliphatic heterocycles. The lowest BCUT2D eigenvalue weighted by Crippen LogP contribution is -2.47. The molecule has 1 saturated carbocycles. The van der Waals surface area contributed by atoms with Crippen molar-refractivity contribution in [2.75, 3.05) is 6.54 Å². The molecule has 1 aromatic rings. The fraction of sp³-hybridized carbons (Fsp3) is 0.500. The maximum atomic E-state index is 11.5. The molecule has 6 nitrogen and oxygen atoms in total. The minimum atomic E-state index is -0.752. The predicted molar refractivity (Wildman–Crippen MR) is 56.0 cm³/mol. The molecule has 16 heavy (non-hydrogen) atoms. The Labute approximate surface area is 91.7 Å². The Bertz CT molecular complexity index is 430. The molecule has 2 rings (SSSR count). The number of rotatable bonds is 3. The van der Waals surface area contributed by atoms with E-state index in [4.69, 9.17) is 0 Å². The summed E-state index contributed by atoms with van der Waals surface area (Å²) in [6, 6.07) is 0. The normalized spacial score (nSPS) is 17.6. The van der Waals surface area contributed by atoms with Crippen LogP contribution in [0.5, 0.6) is 0 Å². The molecule has 0 atom stereocenters. The number of carbonyl (C=O) groups excluding carboxylic acids is 1. The van der Waals surface area contributed by atoms with Gasteiger partial charge in [-0.3, -0.25) is 9.59 Å². The molecule has 0 saturated heterocycles. The molecule has 1 amide bonds. The number of aromatic nitrogens is 2. The summed E-state index contributed by atoms with van der Waals surface area (Å²) in [5.41, 5.74) is -0.964. The van der Waals surface area contributed by atoms with E-state index in [9.17, 15) is 14.7 Å². The molecule has 0 unspecified atom stereocenters. The van der Waals surface area contributed by atoms with Crippen molar-refractivity contribution in [3.8, 4) is 0 Å². The molecule has 1 aromatic heterocycles. The predicted octanol–water partition coefficient (Wildman–Crippen LogP) is -0.585. The van der Waals surface area contributed by atoms with Crippen LogP contribution in [0.2, 0.25) is 0 Å². The Hall–Kier alpha value is -1.69. The van der Waals surface area contributed by atoms with E-state index in [0.717, 1.165) is 12.6 Å². The van der Waals surface area contributed by atoms with Crippen LogP contribution in [-0.4, -0.2) is 33.1 Å². The topological polar surface area (TPSA) is 95.1 Å². The second kappa shape index (κ2) is 4.05. The molecule has 1 heterocycles. The molecule has 3 N–H and O–H groups in total. The van der Waals surface area contributed by atoms with Crippen molar-refractivity contribution >= 4 is 5.91 Å². The van der Waals surface area contributed by atoms with Gasteiger partial charge in [0.1, 0.15) is 5.69 Å². The number of hydrogen-bond acceptors (Lipinski definition) is 4. The highest BCUT2D eigenvalue weighted by molar-refractivity contribution is 5.91. The minimum Gasteiger partial charge on any atom is -0.388 e. The quantitative estimate of drug-likeness (QED) is 0.638. The largest absolute Gasteiger partial charge is 0.388 e. The van der Waals surface area contributed by atoms with Crippen molar-refractivity contribution in [2.45, 2.75) is 24.9 Å². The van der Waals surface area contributed by atoms with Crippen molar-refractivity contribution in [1.82, 2.24) is 15.3 Å².